The third-order valence-corrected chi connectivity index (χ3v) is 12.6. The quantitative estimate of drug-likeness (QED) is 0.0261. The number of rotatable bonds is 54. The van der Waals surface area contributed by atoms with E-state index in [1.165, 1.54) is 44.9 Å². The van der Waals surface area contributed by atoms with Crippen molar-refractivity contribution < 1.29 is 28.6 Å². The predicted molar refractivity (Wildman–Crippen MR) is 329 cm³/mol. The Labute approximate surface area is 467 Å². The van der Waals surface area contributed by atoms with E-state index in [0.29, 0.717) is 19.3 Å². The van der Waals surface area contributed by atoms with Gasteiger partial charge >= 0.3 is 17.9 Å². The van der Waals surface area contributed by atoms with Crippen LogP contribution in [0.5, 0.6) is 0 Å². The maximum absolute atomic E-state index is 12.8. The fraction of sp³-hybridized carbons (Fsp3) is 0.614. The molecule has 0 bridgehead atoms. The molecule has 0 spiro atoms. The number of unbranched alkanes of at least 4 members (excludes halogenated alkanes) is 19. The van der Waals surface area contributed by atoms with Crippen LogP contribution in [0.2, 0.25) is 0 Å². The summed E-state index contributed by atoms with van der Waals surface area (Å²) in [5.41, 5.74) is 0. The predicted octanol–water partition coefficient (Wildman–Crippen LogP) is 21.2. The highest BCUT2D eigenvalue weighted by Gasteiger charge is 2.19. The Morgan fingerprint density at radius 3 is 0.803 bits per heavy atom. The SMILES string of the molecule is CC/C=C\C/C=C\C/C=C\C/C=C\C/C=C\C/C=C\C/C=C\C/C=C\C/C=C\CCCCCCCC(=O)OCC(COC(=O)CCCCCCCCCCCC)OC(=O)CCCCCCC/C=C\C/C=C\C/C=C\CC. The van der Waals surface area contributed by atoms with Gasteiger partial charge in [-0.05, 0) is 122 Å². The second kappa shape index (κ2) is 62.8. The van der Waals surface area contributed by atoms with Crippen molar-refractivity contribution in [2.24, 2.45) is 0 Å². The summed E-state index contributed by atoms with van der Waals surface area (Å²) >= 11 is 0. The lowest BCUT2D eigenvalue weighted by Gasteiger charge is -2.18. The van der Waals surface area contributed by atoms with Crippen molar-refractivity contribution >= 4 is 17.9 Å². The normalized spacial score (nSPS) is 13.1. The molecular weight excluding hydrogens is 937 g/mol. The molecule has 0 aromatic carbocycles. The lowest BCUT2D eigenvalue weighted by molar-refractivity contribution is -0.167. The van der Waals surface area contributed by atoms with Gasteiger partial charge in [-0.2, -0.15) is 0 Å². The fourth-order valence-electron chi connectivity index (χ4n) is 8.04. The van der Waals surface area contributed by atoms with Crippen LogP contribution in [0.1, 0.15) is 258 Å². The molecule has 6 heteroatoms. The van der Waals surface area contributed by atoms with E-state index in [-0.39, 0.29) is 31.1 Å². The van der Waals surface area contributed by atoms with E-state index in [1.807, 2.05) is 0 Å². The van der Waals surface area contributed by atoms with E-state index in [0.717, 1.165) is 173 Å². The van der Waals surface area contributed by atoms with Crippen LogP contribution in [0, 0.1) is 0 Å². The summed E-state index contributed by atoms with van der Waals surface area (Å²) in [4.78, 5) is 38.1. The number of hydrogen-bond donors (Lipinski definition) is 0. The Balaban J connectivity index is 4.29. The van der Waals surface area contributed by atoms with Crippen LogP contribution in [0.25, 0.3) is 0 Å². The zero-order valence-corrected chi connectivity index (χ0v) is 49.0. The van der Waals surface area contributed by atoms with Gasteiger partial charge in [-0.1, -0.05) is 263 Å². The largest absolute Gasteiger partial charge is 0.462 e. The second-order valence-corrected chi connectivity index (χ2v) is 19.9. The van der Waals surface area contributed by atoms with E-state index in [4.69, 9.17) is 14.2 Å². The molecule has 0 aliphatic rings. The molecule has 0 saturated carbocycles. The molecular formula is C70H112O6. The van der Waals surface area contributed by atoms with Gasteiger partial charge in [0.05, 0.1) is 0 Å². The first-order valence-corrected chi connectivity index (χ1v) is 30.8. The van der Waals surface area contributed by atoms with Crippen LogP contribution >= 0.6 is 0 Å². The zero-order valence-electron chi connectivity index (χ0n) is 49.0. The monoisotopic (exact) mass is 1050 g/mol. The topological polar surface area (TPSA) is 78.9 Å². The molecule has 428 valence electrons. The lowest BCUT2D eigenvalue weighted by atomic mass is 10.1. The summed E-state index contributed by atoms with van der Waals surface area (Å²) < 4.78 is 16.8. The number of esters is 3. The van der Waals surface area contributed by atoms with E-state index >= 15 is 0 Å². The van der Waals surface area contributed by atoms with Crippen LogP contribution in [0.15, 0.2) is 146 Å². The van der Waals surface area contributed by atoms with Crippen molar-refractivity contribution in [2.45, 2.75) is 264 Å². The average Bonchev–Trinajstić information content (AvgIpc) is 3.42. The molecule has 0 radical (unpaired) electrons. The molecule has 0 aromatic rings. The molecule has 1 unspecified atom stereocenters. The van der Waals surface area contributed by atoms with Crippen LogP contribution < -0.4 is 0 Å². The molecule has 0 N–H and O–H groups in total. The van der Waals surface area contributed by atoms with Gasteiger partial charge in [0.2, 0.25) is 0 Å². The number of ether oxygens (including phenoxy) is 3. The van der Waals surface area contributed by atoms with Gasteiger partial charge in [0.25, 0.3) is 0 Å². The number of carbonyl (C=O) groups excluding carboxylic acids is 3. The third kappa shape index (κ3) is 60.2. The van der Waals surface area contributed by atoms with Gasteiger partial charge < -0.3 is 14.2 Å². The summed E-state index contributed by atoms with van der Waals surface area (Å²) in [5.74, 6) is -0.936. The Kier molecular flexibility index (Phi) is 58.9. The zero-order chi connectivity index (χ0) is 55.0. The number of allylic oxidation sites excluding steroid dienone is 24. The van der Waals surface area contributed by atoms with Crippen LogP contribution in [-0.4, -0.2) is 37.2 Å². The molecule has 0 rings (SSSR count). The van der Waals surface area contributed by atoms with Gasteiger partial charge in [-0.25, -0.2) is 0 Å². The molecule has 76 heavy (non-hydrogen) atoms. The van der Waals surface area contributed by atoms with Gasteiger partial charge in [0.1, 0.15) is 13.2 Å². The highest BCUT2D eigenvalue weighted by atomic mass is 16.6. The van der Waals surface area contributed by atoms with Gasteiger partial charge in [0.15, 0.2) is 6.10 Å². The first kappa shape index (κ1) is 71.3. The van der Waals surface area contributed by atoms with E-state index in [1.54, 1.807) is 0 Å². The second-order valence-electron chi connectivity index (χ2n) is 19.9. The summed E-state index contributed by atoms with van der Waals surface area (Å²) in [6, 6.07) is 0. The molecule has 0 amide bonds. The van der Waals surface area contributed by atoms with E-state index in [2.05, 4.69) is 167 Å². The Bertz CT molecular complexity index is 1680. The molecule has 0 aliphatic carbocycles. The number of hydrogen-bond acceptors (Lipinski definition) is 6. The highest BCUT2D eigenvalue weighted by molar-refractivity contribution is 5.71. The van der Waals surface area contributed by atoms with Crippen molar-refractivity contribution in [3.8, 4) is 0 Å². The van der Waals surface area contributed by atoms with Crippen LogP contribution in [0.3, 0.4) is 0 Å². The van der Waals surface area contributed by atoms with Crippen molar-refractivity contribution in [3.05, 3.63) is 146 Å². The molecule has 0 aliphatic heterocycles. The highest BCUT2D eigenvalue weighted by Crippen LogP contribution is 2.14. The summed E-state index contributed by atoms with van der Waals surface area (Å²) in [5, 5.41) is 0. The molecule has 1 atom stereocenters. The standard InChI is InChI=1S/C70H112O6/c1-4-7-10-13-16-19-22-24-26-27-28-29-30-31-32-33-34-35-36-37-38-39-40-41-42-43-45-46-48-51-54-57-60-63-69(72)75-66-67(65-74-68(71)62-59-56-53-50-21-18-15-12-9-6-3)76-70(73)64-61-58-55-52-49-47-44-25-23-20-17-14-11-8-5-2/h7-8,10-11,16-17,19-20,24-26,28-29,31-32,34-35,37-38,40-41,43-45,67H,4-6,9,12-15,18,21-23,27,30,33,36,39,42,46-66H2,1-3H3/b10-7-,11-8-,19-16-,20-17-,26-24-,29-28-,32-31-,35-34-,38-37-,41-40-,44-25-,45-43-. The summed E-state index contributed by atoms with van der Waals surface area (Å²) in [7, 11) is 0. The molecule has 6 nitrogen and oxygen atoms in total. The summed E-state index contributed by atoms with van der Waals surface area (Å²) in [6.07, 6.45) is 90.0. The minimum Gasteiger partial charge on any atom is -0.462 e. The first-order chi connectivity index (χ1) is 37.5. The van der Waals surface area contributed by atoms with Crippen molar-refractivity contribution in [1.29, 1.82) is 0 Å². The average molecular weight is 1050 g/mol. The first-order valence-electron chi connectivity index (χ1n) is 30.8. The van der Waals surface area contributed by atoms with E-state index < -0.39 is 6.10 Å². The molecule has 0 heterocycles. The fourth-order valence-corrected chi connectivity index (χ4v) is 8.04. The lowest BCUT2D eigenvalue weighted by Crippen LogP contribution is -2.30. The van der Waals surface area contributed by atoms with Crippen molar-refractivity contribution in [1.82, 2.24) is 0 Å². The van der Waals surface area contributed by atoms with Gasteiger partial charge in [0, 0.05) is 19.3 Å². The molecule has 0 fully saturated rings. The third-order valence-electron chi connectivity index (χ3n) is 12.6. The number of carbonyl (C=O) groups is 3. The van der Waals surface area contributed by atoms with Gasteiger partial charge in [-0.3, -0.25) is 14.4 Å². The molecule has 0 aromatic heterocycles. The smallest absolute Gasteiger partial charge is 0.306 e. The maximum Gasteiger partial charge on any atom is 0.306 e. The summed E-state index contributed by atoms with van der Waals surface area (Å²) in [6.45, 7) is 6.36. The minimum atomic E-state index is -0.799. The van der Waals surface area contributed by atoms with Crippen molar-refractivity contribution in [3.63, 3.8) is 0 Å². The van der Waals surface area contributed by atoms with Gasteiger partial charge in [-0.15, -0.1) is 0 Å². The maximum atomic E-state index is 12.8. The minimum absolute atomic E-state index is 0.0940. The van der Waals surface area contributed by atoms with E-state index in [9.17, 15) is 14.4 Å². The van der Waals surface area contributed by atoms with Crippen molar-refractivity contribution in [2.75, 3.05) is 13.2 Å². The van der Waals surface area contributed by atoms with Crippen LogP contribution in [0.4, 0.5) is 0 Å². The Hall–Kier alpha value is -4.71. The molecule has 0 saturated heterocycles. The Morgan fingerprint density at radius 2 is 0.513 bits per heavy atom. The van der Waals surface area contributed by atoms with Crippen LogP contribution in [-0.2, 0) is 28.6 Å². The Morgan fingerprint density at radius 1 is 0.276 bits per heavy atom.